The molecule has 0 heterocycles. The van der Waals surface area contributed by atoms with Gasteiger partial charge in [-0.2, -0.15) is 0 Å². The molecular formula is C48H78NO10P. The number of carbonyl (C=O) groups excluding carboxylic acids is 2. The molecular weight excluding hydrogens is 781 g/mol. The van der Waals surface area contributed by atoms with Crippen molar-refractivity contribution in [3.8, 4) is 0 Å². The zero-order valence-electron chi connectivity index (χ0n) is 36.8. The maximum absolute atomic E-state index is 12.6. The molecule has 0 aromatic heterocycles. The number of nitrogens with two attached hydrogens (primary N) is 1. The van der Waals surface area contributed by atoms with Crippen molar-refractivity contribution < 1.29 is 47.5 Å². The van der Waals surface area contributed by atoms with Gasteiger partial charge in [-0.1, -0.05) is 150 Å². The summed E-state index contributed by atoms with van der Waals surface area (Å²) in [6.07, 6.45) is 53.4. The van der Waals surface area contributed by atoms with E-state index in [4.69, 9.17) is 24.8 Å². The fourth-order valence-electron chi connectivity index (χ4n) is 5.29. The first kappa shape index (κ1) is 56.4. The summed E-state index contributed by atoms with van der Waals surface area (Å²) in [5.74, 6) is -2.53. The molecule has 0 aliphatic carbocycles. The number of phosphoric ester groups is 1. The van der Waals surface area contributed by atoms with E-state index in [9.17, 15) is 23.8 Å². The Morgan fingerprint density at radius 2 is 0.917 bits per heavy atom. The minimum Gasteiger partial charge on any atom is -0.480 e. The number of carboxylic acid groups (broad SMARTS) is 1. The molecule has 3 atom stereocenters. The summed E-state index contributed by atoms with van der Waals surface area (Å²) < 4.78 is 32.6. The highest BCUT2D eigenvalue weighted by Gasteiger charge is 2.28. The summed E-state index contributed by atoms with van der Waals surface area (Å²) in [5.41, 5.74) is 5.33. The lowest BCUT2D eigenvalue weighted by atomic mass is 10.1. The Morgan fingerprint density at radius 1 is 0.517 bits per heavy atom. The van der Waals surface area contributed by atoms with E-state index in [0.29, 0.717) is 19.3 Å². The van der Waals surface area contributed by atoms with Crippen molar-refractivity contribution >= 4 is 25.7 Å². The third-order valence-electron chi connectivity index (χ3n) is 8.82. The van der Waals surface area contributed by atoms with Crippen molar-refractivity contribution in [2.45, 2.75) is 167 Å². The van der Waals surface area contributed by atoms with Gasteiger partial charge in [0.25, 0.3) is 0 Å². The number of carbonyl (C=O) groups is 3. The average Bonchev–Trinajstić information content (AvgIpc) is 3.22. The molecule has 0 aromatic rings. The number of rotatable bonds is 40. The number of aliphatic carboxylic acids is 1. The minimum absolute atomic E-state index is 0.0268. The summed E-state index contributed by atoms with van der Waals surface area (Å²) >= 11 is 0. The average molecular weight is 860 g/mol. The number of phosphoric acid groups is 1. The first-order valence-corrected chi connectivity index (χ1v) is 23.8. The molecule has 11 nitrogen and oxygen atoms in total. The lowest BCUT2D eigenvalue weighted by Crippen LogP contribution is -2.34. The first-order chi connectivity index (χ1) is 29.1. The molecule has 0 aromatic carbocycles. The zero-order valence-corrected chi connectivity index (χ0v) is 37.6. The maximum Gasteiger partial charge on any atom is 0.472 e. The van der Waals surface area contributed by atoms with Gasteiger partial charge >= 0.3 is 25.7 Å². The Balaban J connectivity index is 4.55. The number of hydrogen-bond donors (Lipinski definition) is 3. The largest absolute Gasteiger partial charge is 0.480 e. The normalized spacial score (nSPS) is 14.6. The monoisotopic (exact) mass is 860 g/mol. The molecule has 0 bridgehead atoms. The topological polar surface area (TPSA) is 172 Å². The van der Waals surface area contributed by atoms with Crippen molar-refractivity contribution in [3.63, 3.8) is 0 Å². The summed E-state index contributed by atoms with van der Waals surface area (Å²) in [6, 6.07) is -1.54. The molecule has 1 unspecified atom stereocenters. The molecule has 0 saturated heterocycles. The van der Waals surface area contributed by atoms with Crippen LogP contribution in [0.2, 0.25) is 0 Å². The van der Waals surface area contributed by atoms with E-state index in [0.717, 1.165) is 70.6 Å². The van der Waals surface area contributed by atoms with E-state index in [1.807, 2.05) is 18.2 Å². The Kier molecular flexibility index (Phi) is 39.6. The molecule has 0 aliphatic rings. The molecule has 0 aliphatic heterocycles. The Hall–Kier alpha value is -3.60. The van der Waals surface area contributed by atoms with Gasteiger partial charge in [-0.3, -0.25) is 23.4 Å². The van der Waals surface area contributed by atoms with Crippen molar-refractivity contribution in [2.75, 3.05) is 19.8 Å². The highest BCUT2D eigenvalue weighted by molar-refractivity contribution is 7.47. The van der Waals surface area contributed by atoms with Crippen LogP contribution in [0.15, 0.2) is 97.2 Å². The lowest BCUT2D eigenvalue weighted by molar-refractivity contribution is -0.161. The number of esters is 2. The van der Waals surface area contributed by atoms with Crippen LogP contribution < -0.4 is 5.73 Å². The SMILES string of the molecule is CCCCC/C=C/C/C=C/C/C=C/C/C=C/C/C=C/CCC(=O)O[C@H](COC(=O)CCCCCC/C=C/C/C=C/C/C=C/CCCCC)COP(=O)(O)OC[C@H](N)C(=O)O. The quantitative estimate of drug-likeness (QED) is 0.0232. The van der Waals surface area contributed by atoms with Crippen LogP contribution >= 0.6 is 7.82 Å². The Bertz CT molecular complexity index is 1380. The third kappa shape index (κ3) is 41.1. The molecule has 0 saturated carbocycles. The van der Waals surface area contributed by atoms with Crippen LogP contribution in [0.4, 0.5) is 0 Å². The van der Waals surface area contributed by atoms with Crippen molar-refractivity contribution in [1.82, 2.24) is 0 Å². The number of unbranched alkanes of at least 4 members (excludes halogenated alkanes) is 10. The number of ether oxygens (including phenoxy) is 2. The third-order valence-corrected chi connectivity index (χ3v) is 9.77. The van der Waals surface area contributed by atoms with E-state index in [2.05, 4.69) is 97.4 Å². The van der Waals surface area contributed by atoms with Gasteiger partial charge in [0.15, 0.2) is 6.10 Å². The smallest absolute Gasteiger partial charge is 0.472 e. The van der Waals surface area contributed by atoms with E-state index >= 15 is 0 Å². The Labute approximate surface area is 362 Å². The highest BCUT2D eigenvalue weighted by atomic mass is 31.2. The van der Waals surface area contributed by atoms with Gasteiger partial charge in [0, 0.05) is 12.8 Å². The van der Waals surface area contributed by atoms with Crippen LogP contribution in [-0.2, 0) is 37.5 Å². The van der Waals surface area contributed by atoms with Crippen molar-refractivity contribution in [2.24, 2.45) is 5.73 Å². The van der Waals surface area contributed by atoms with Gasteiger partial charge in [0.05, 0.1) is 13.2 Å². The fourth-order valence-corrected chi connectivity index (χ4v) is 6.07. The Morgan fingerprint density at radius 3 is 1.37 bits per heavy atom. The number of allylic oxidation sites excluding steroid dienone is 16. The molecule has 340 valence electrons. The van der Waals surface area contributed by atoms with Gasteiger partial charge in [-0.15, -0.1) is 0 Å². The molecule has 0 spiro atoms. The molecule has 0 amide bonds. The fraction of sp³-hybridized carbons (Fsp3) is 0.604. The van der Waals surface area contributed by atoms with Crippen LogP contribution in [0.1, 0.15) is 155 Å². The number of hydrogen-bond acceptors (Lipinski definition) is 9. The zero-order chi connectivity index (χ0) is 44.2. The van der Waals surface area contributed by atoms with Crippen LogP contribution in [0, 0.1) is 0 Å². The maximum atomic E-state index is 12.6. The molecule has 0 rings (SSSR count). The summed E-state index contributed by atoms with van der Waals surface area (Å²) in [5, 5.41) is 8.89. The van der Waals surface area contributed by atoms with Crippen molar-refractivity contribution in [3.05, 3.63) is 97.2 Å². The second-order valence-corrected chi connectivity index (χ2v) is 15.9. The van der Waals surface area contributed by atoms with Gasteiger partial charge in [-0.05, 0) is 89.9 Å². The van der Waals surface area contributed by atoms with Gasteiger partial charge in [0.1, 0.15) is 12.6 Å². The summed E-state index contributed by atoms with van der Waals surface area (Å²) in [4.78, 5) is 46.0. The van der Waals surface area contributed by atoms with Gasteiger partial charge in [-0.25, -0.2) is 4.57 Å². The van der Waals surface area contributed by atoms with E-state index in [1.165, 1.54) is 38.5 Å². The predicted molar refractivity (Wildman–Crippen MR) is 244 cm³/mol. The summed E-state index contributed by atoms with van der Waals surface area (Å²) in [6.45, 7) is 2.63. The molecule has 60 heavy (non-hydrogen) atoms. The second kappa shape index (κ2) is 42.1. The first-order valence-electron chi connectivity index (χ1n) is 22.3. The van der Waals surface area contributed by atoms with Crippen LogP contribution in [0.5, 0.6) is 0 Å². The van der Waals surface area contributed by atoms with Gasteiger partial charge in [0.2, 0.25) is 0 Å². The van der Waals surface area contributed by atoms with E-state index in [-0.39, 0.29) is 12.8 Å². The lowest BCUT2D eigenvalue weighted by Gasteiger charge is -2.20. The molecule has 0 fully saturated rings. The van der Waals surface area contributed by atoms with E-state index < -0.39 is 57.7 Å². The minimum atomic E-state index is -4.75. The molecule has 0 radical (unpaired) electrons. The second-order valence-electron chi connectivity index (χ2n) is 14.5. The van der Waals surface area contributed by atoms with Crippen LogP contribution in [0.3, 0.4) is 0 Å². The predicted octanol–water partition coefficient (Wildman–Crippen LogP) is 12.1. The molecule has 4 N–H and O–H groups in total. The van der Waals surface area contributed by atoms with Crippen LogP contribution in [0.25, 0.3) is 0 Å². The highest BCUT2D eigenvalue weighted by Crippen LogP contribution is 2.43. The van der Waals surface area contributed by atoms with E-state index in [1.54, 1.807) is 0 Å². The standard InChI is InChI=1S/C48H78NO10P/c1-3-5-7-9-11-13-15-17-19-21-22-24-26-28-30-32-34-36-38-40-47(51)59-44(42-57-60(54,55)58-43-45(49)48(52)53)41-56-46(50)39-37-35-33-31-29-27-25-23-20-18-16-14-12-10-8-6-4-2/h11-14,17-20,22,24-25,27-28,30,34,36,44-45H,3-10,15-16,21,23,26,29,31-33,35,37-43,49H2,1-2H3,(H,52,53)(H,54,55)/b13-11+,14-12+,19-17+,20-18+,24-22+,27-25+,30-28+,36-34+/t44-,45+/m1/s1. The molecule has 12 heteroatoms. The number of carboxylic acids is 1. The van der Waals surface area contributed by atoms with Crippen LogP contribution in [-0.4, -0.2) is 59.9 Å². The summed E-state index contributed by atoms with van der Waals surface area (Å²) in [7, 11) is -4.75. The van der Waals surface area contributed by atoms with Crippen molar-refractivity contribution in [1.29, 1.82) is 0 Å². The van der Waals surface area contributed by atoms with Gasteiger partial charge < -0.3 is 25.2 Å².